The van der Waals surface area contributed by atoms with Crippen molar-refractivity contribution in [2.45, 2.75) is 19.9 Å². The number of rotatable bonds is 4. The molecule has 4 rings (SSSR count). The Morgan fingerprint density at radius 3 is 2.68 bits per heavy atom. The average molecular weight is 336 g/mol. The number of hydrogen-bond acceptors (Lipinski definition) is 3. The maximum atomic E-state index is 12.3. The van der Waals surface area contributed by atoms with Gasteiger partial charge in [0.25, 0.3) is 5.91 Å². The van der Waals surface area contributed by atoms with Gasteiger partial charge >= 0.3 is 0 Å². The number of para-hydroxylation sites is 2. The molecular weight excluding hydrogens is 312 g/mol. The molecule has 4 heteroatoms. The molecule has 2 aromatic carbocycles. The second kappa shape index (κ2) is 6.89. The van der Waals surface area contributed by atoms with E-state index in [0.717, 1.165) is 44.0 Å². The Bertz CT molecular complexity index is 774. The molecule has 0 fully saturated rings. The van der Waals surface area contributed by atoms with Crippen LogP contribution in [0.4, 0.5) is 5.69 Å². The molecule has 0 aliphatic carbocycles. The summed E-state index contributed by atoms with van der Waals surface area (Å²) in [6, 6.07) is 16.5. The van der Waals surface area contributed by atoms with Crippen LogP contribution in [-0.4, -0.2) is 37.0 Å². The maximum Gasteiger partial charge on any atom is 0.265 e. The lowest BCUT2D eigenvalue weighted by Gasteiger charge is -2.34. The molecule has 0 radical (unpaired) electrons. The molecule has 2 heterocycles. The molecule has 130 valence electrons. The third kappa shape index (κ3) is 3.40. The number of carbonyl (C=O) groups excluding carboxylic acids is 1. The van der Waals surface area contributed by atoms with Gasteiger partial charge in [0.1, 0.15) is 5.75 Å². The standard InChI is InChI=1S/C21H24N2O2/c1-16(12-22-11-10-17-6-2-3-7-18(17)14-22)13-23-19-8-4-5-9-20(19)25-15-21(23)24/h2-9,16H,10-15H2,1H3. The summed E-state index contributed by atoms with van der Waals surface area (Å²) < 4.78 is 5.53. The van der Waals surface area contributed by atoms with Gasteiger partial charge in [0.05, 0.1) is 5.69 Å². The maximum absolute atomic E-state index is 12.3. The van der Waals surface area contributed by atoms with Gasteiger partial charge in [-0.1, -0.05) is 43.3 Å². The van der Waals surface area contributed by atoms with E-state index in [4.69, 9.17) is 4.74 Å². The number of nitrogens with zero attached hydrogens (tertiary/aromatic N) is 2. The molecule has 2 aliphatic rings. The molecule has 0 bridgehead atoms. The molecule has 0 N–H and O–H groups in total. The van der Waals surface area contributed by atoms with Gasteiger partial charge < -0.3 is 9.64 Å². The summed E-state index contributed by atoms with van der Waals surface area (Å²) in [5.74, 6) is 1.26. The first-order valence-corrected chi connectivity index (χ1v) is 9.02. The summed E-state index contributed by atoms with van der Waals surface area (Å²) in [6.07, 6.45) is 1.11. The van der Waals surface area contributed by atoms with Crippen molar-refractivity contribution >= 4 is 11.6 Å². The van der Waals surface area contributed by atoms with E-state index >= 15 is 0 Å². The Morgan fingerprint density at radius 2 is 1.80 bits per heavy atom. The van der Waals surface area contributed by atoms with Gasteiger partial charge in [-0.3, -0.25) is 9.69 Å². The lowest BCUT2D eigenvalue weighted by Crippen LogP contribution is -2.44. The molecule has 0 spiro atoms. The van der Waals surface area contributed by atoms with Crippen molar-refractivity contribution in [1.82, 2.24) is 4.90 Å². The first-order valence-electron chi connectivity index (χ1n) is 9.02. The zero-order chi connectivity index (χ0) is 17.2. The predicted octanol–water partition coefficient (Wildman–Crippen LogP) is 3.11. The van der Waals surface area contributed by atoms with Crippen LogP contribution in [0.1, 0.15) is 18.1 Å². The molecule has 25 heavy (non-hydrogen) atoms. The van der Waals surface area contributed by atoms with Crippen molar-refractivity contribution in [3.05, 3.63) is 59.7 Å². The Labute approximate surface area is 149 Å². The minimum Gasteiger partial charge on any atom is -0.482 e. The summed E-state index contributed by atoms with van der Waals surface area (Å²) in [5.41, 5.74) is 3.81. The van der Waals surface area contributed by atoms with E-state index in [9.17, 15) is 4.79 Å². The van der Waals surface area contributed by atoms with Crippen molar-refractivity contribution in [2.24, 2.45) is 5.92 Å². The van der Waals surface area contributed by atoms with Crippen molar-refractivity contribution in [2.75, 3.05) is 31.1 Å². The highest BCUT2D eigenvalue weighted by Gasteiger charge is 2.27. The summed E-state index contributed by atoms with van der Waals surface area (Å²) in [6.45, 7) is 6.20. The quantitative estimate of drug-likeness (QED) is 0.860. The van der Waals surface area contributed by atoms with Gasteiger partial charge in [-0.15, -0.1) is 0 Å². The molecule has 4 nitrogen and oxygen atoms in total. The molecule has 1 amide bonds. The number of anilines is 1. The number of ether oxygens (including phenoxy) is 1. The van der Waals surface area contributed by atoms with E-state index in [1.807, 2.05) is 29.2 Å². The summed E-state index contributed by atoms with van der Waals surface area (Å²) >= 11 is 0. The summed E-state index contributed by atoms with van der Waals surface area (Å²) in [4.78, 5) is 16.7. The van der Waals surface area contributed by atoms with E-state index in [0.29, 0.717) is 5.92 Å². The Morgan fingerprint density at radius 1 is 1.04 bits per heavy atom. The Hall–Kier alpha value is -2.33. The largest absolute Gasteiger partial charge is 0.482 e. The van der Waals surface area contributed by atoms with E-state index in [-0.39, 0.29) is 12.5 Å². The van der Waals surface area contributed by atoms with Crippen molar-refractivity contribution in [3.63, 3.8) is 0 Å². The van der Waals surface area contributed by atoms with E-state index in [1.54, 1.807) is 0 Å². The molecule has 0 aromatic heterocycles. The van der Waals surface area contributed by atoms with E-state index < -0.39 is 0 Å². The minimum absolute atomic E-state index is 0.0505. The minimum atomic E-state index is 0.0505. The second-order valence-electron chi connectivity index (χ2n) is 7.12. The van der Waals surface area contributed by atoms with Crippen molar-refractivity contribution < 1.29 is 9.53 Å². The van der Waals surface area contributed by atoms with E-state index in [1.165, 1.54) is 11.1 Å². The van der Waals surface area contributed by atoms with Crippen LogP contribution < -0.4 is 9.64 Å². The fourth-order valence-corrected chi connectivity index (χ4v) is 3.87. The molecule has 2 aromatic rings. The molecule has 2 aliphatic heterocycles. The topological polar surface area (TPSA) is 32.8 Å². The first-order chi connectivity index (χ1) is 12.2. The smallest absolute Gasteiger partial charge is 0.265 e. The lowest BCUT2D eigenvalue weighted by atomic mass is 9.99. The van der Waals surface area contributed by atoms with E-state index in [2.05, 4.69) is 36.1 Å². The number of hydrogen-bond donors (Lipinski definition) is 0. The number of carbonyl (C=O) groups is 1. The second-order valence-corrected chi connectivity index (χ2v) is 7.12. The van der Waals surface area contributed by atoms with Crippen molar-refractivity contribution in [3.8, 4) is 5.75 Å². The van der Waals surface area contributed by atoms with Crippen LogP contribution in [0.2, 0.25) is 0 Å². The molecular formula is C21H24N2O2. The van der Waals surface area contributed by atoms with Gasteiger partial charge in [-0.2, -0.15) is 0 Å². The predicted molar refractivity (Wildman–Crippen MR) is 98.9 cm³/mol. The van der Waals surface area contributed by atoms with Crippen LogP contribution in [0.25, 0.3) is 0 Å². The van der Waals surface area contributed by atoms with Crippen LogP contribution in [0.5, 0.6) is 5.75 Å². The highest BCUT2D eigenvalue weighted by Crippen LogP contribution is 2.32. The van der Waals surface area contributed by atoms with Crippen LogP contribution in [-0.2, 0) is 17.8 Å². The Kier molecular flexibility index (Phi) is 4.45. The summed E-state index contributed by atoms with van der Waals surface area (Å²) in [5, 5.41) is 0. The van der Waals surface area contributed by atoms with Gasteiger partial charge in [0.15, 0.2) is 6.61 Å². The highest BCUT2D eigenvalue weighted by atomic mass is 16.5. The Balaban J connectivity index is 1.41. The van der Waals surface area contributed by atoms with Crippen LogP contribution in [0.3, 0.4) is 0 Å². The number of fused-ring (bicyclic) bond motifs is 2. The average Bonchev–Trinajstić information content (AvgIpc) is 2.64. The molecule has 1 unspecified atom stereocenters. The lowest BCUT2D eigenvalue weighted by molar-refractivity contribution is -0.121. The van der Waals surface area contributed by atoms with Crippen LogP contribution in [0.15, 0.2) is 48.5 Å². The van der Waals surface area contributed by atoms with Gasteiger partial charge in [0.2, 0.25) is 0 Å². The third-order valence-corrected chi connectivity index (χ3v) is 5.08. The van der Waals surface area contributed by atoms with Crippen LogP contribution in [0, 0.1) is 5.92 Å². The van der Waals surface area contributed by atoms with Crippen molar-refractivity contribution in [1.29, 1.82) is 0 Å². The normalized spacial score (nSPS) is 18.3. The summed E-state index contributed by atoms with van der Waals surface area (Å²) in [7, 11) is 0. The fourth-order valence-electron chi connectivity index (χ4n) is 3.87. The third-order valence-electron chi connectivity index (χ3n) is 5.08. The number of amides is 1. The van der Waals surface area contributed by atoms with Crippen LogP contribution >= 0.6 is 0 Å². The zero-order valence-electron chi connectivity index (χ0n) is 14.6. The molecule has 0 saturated carbocycles. The SMILES string of the molecule is CC(CN1CCc2ccccc2C1)CN1C(=O)COc2ccccc21. The first kappa shape index (κ1) is 16.2. The molecule has 0 saturated heterocycles. The van der Waals surface area contributed by atoms with Gasteiger partial charge in [-0.05, 0) is 35.6 Å². The molecule has 1 atom stereocenters. The monoisotopic (exact) mass is 336 g/mol. The highest BCUT2D eigenvalue weighted by molar-refractivity contribution is 5.97. The zero-order valence-corrected chi connectivity index (χ0v) is 14.6. The fraction of sp³-hybridized carbons (Fsp3) is 0.381. The van der Waals surface area contributed by atoms with Gasteiger partial charge in [0, 0.05) is 26.2 Å². The van der Waals surface area contributed by atoms with Gasteiger partial charge in [-0.25, -0.2) is 0 Å². The number of benzene rings is 2.